The van der Waals surface area contributed by atoms with Gasteiger partial charge in [0.05, 0.1) is 35.1 Å². The lowest BCUT2D eigenvalue weighted by Gasteiger charge is -2.18. The number of hydrogen-bond acceptors (Lipinski definition) is 4. The Morgan fingerprint density at radius 2 is 1.73 bits per heavy atom. The monoisotopic (exact) mass is 518 g/mol. The maximum atomic E-state index is 5.38. The van der Waals surface area contributed by atoms with Gasteiger partial charge in [-0.1, -0.05) is 48.5 Å². The second-order valence-electron chi connectivity index (χ2n) is 7.90. The summed E-state index contributed by atoms with van der Waals surface area (Å²) in [6, 6.07) is 4.68. The fourth-order valence-corrected chi connectivity index (χ4v) is 4.61. The van der Waals surface area contributed by atoms with Crippen molar-refractivity contribution >= 4 is 32.8 Å². The molecule has 0 aliphatic rings. The average Bonchev–Trinajstić information content (AvgIpc) is 3.16. The normalized spacial score (nSPS) is 11.5. The summed E-state index contributed by atoms with van der Waals surface area (Å²) < 4.78 is 8.68. The summed E-state index contributed by atoms with van der Waals surface area (Å²) >= 11 is 3.72. The topological polar surface area (TPSA) is 52.0 Å². The standard InChI is InChI=1S/C23H31BrN4O.2C2H6/c1-8-16-9-19-21(14(4)11-28(19)15(5)12-29-7)26-22(16)17-10-18(24)20(13(2)3)27-23(17)25-6;2*1-2/h9-11,13,15H,8,12H2,1-7H3,(H,25,27);2*1-2H3. The van der Waals surface area contributed by atoms with Crippen LogP contribution in [0.2, 0.25) is 0 Å². The average molecular weight is 520 g/mol. The maximum absolute atomic E-state index is 5.38. The fraction of sp³-hybridized carbons (Fsp3) is 0.556. The zero-order valence-corrected chi connectivity index (χ0v) is 24.0. The van der Waals surface area contributed by atoms with E-state index < -0.39 is 0 Å². The van der Waals surface area contributed by atoms with Crippen molar-refractivity contribution in [2.45, 2.75) is 80.7 Å². The fourth-order valence-electron chi connectivity index (χ4n) is 3.84. The van der Waals surface area contributed by atoms with Crippen molar-refractivity contribution in [1.82, 2.24) is 14.5 Å². The SMILES string of the molecule is CC.CC.CCc1cc2c(nc1-c1cc(Br)c(C(C)C)nc1NC)c(C)cn2C(C)COC. The molecule has 0 aliphatic heterocycles. The number of methoxy groups -OCH3 is 1. The van der Waals surface area contributed by atoms with E-state index in [-0.39, 0.29) is 6.04 Å². The summed E-state index contributed by atoms with van der Waals surface area (Å²) in [7, 11) is 3.66. The zero-order valence-electron chi connectivity index (χ0n) is 22.4. The van der Waals surface area contributed by atoms with Crippen molar-refractivity contribution in [3.05, 3.63) is 39.6 Å². The molecule has 0 spiro atoms. The molecule has 1 unspecified atom stereocenters. The first-order valence-electron chi connectivity index (χ1n) is 12.2. The minimum atomic E-state index is 0.252. The predicted octanol–water partition coefficient (Wildman–Crippen LogP) is 8.16. The Morgan fingerprint density at radius 1 is 1.09 bits per heavy atom. The number of fused-ring (bicyclic) bond motifs is 1. The molecule has 0 bridgehead atoms. The number of halogens is 1. The highest BCUT2D eigenvalue weighted by Crippen LogP contribution is 2.36. The van der Waals surface area contributed by atoms with Gasteiger partial charge in [0, 0.05) is 30.4 Å². The molecule has 0 saturated carbocycles. The van der Waals surface area contributed by atoms with Crippen LogP contribution in [0.25, 0.3) is 22.3 Å². The first kappa shape index (κ1) is 29.1. The molecular formula is C27H43BrN4O. The zero-order chi connectivity index (χ0) is 25.3. The van der Waals surface area contributed by atoms with E-state index >= 15 is 0 Å². The lowest BCUT2D eigenvalue weighted by atomic mass is 10.0. The molecule has 0 aromatic carbocycles. The van der Waals surface area contributed by atoms with E-state index in [4.69, 9.17) is 14.7 Å². The van der Waals surface area contributed by atoms with Crippen LogP contribution < -0.4 is 5.32 Å². The van der Waals surface area contributed by atoms with Gasteiger partial charge in [0.15, 0.2) is 0 Å². The highest BCUT2D eigenvalue weighted by molar-refractivity contribution is 9.10. The highest BCUT2D eigenvalue weighted by Gasteiger charge is 2.20. The van der Waals surface area contributed by atoms with Crippen LogP contribution in [0.3, 0.4) is 0 Å². The Morgan fingerprint density at radius 3 is 2.24 bits per heavy atom. The Labute approximate surface area is 209 Å². The molecule has 3 aromatic rings. The molecule has 0 fully saturated rings. The van der Waals surface area contributed by atoms with Crippen LogP contribution in [0.15, 0.2) is 22.8 Å². The van der Waals surface area contributed by atoms with Crippen LogP contribution >= 0.6 is 15.9 Å². The molecule has 3 rings (SSSR count). The van der Waals surface area contributed by atoms with Gasteiger partial charge in [0.25, 0.3) is 0 Å². The van der Waals surface area contributed by atoms with E-state index in [0.717, 1.165) is 44.7 Å². The summed E-state index contributed by atoms with van der Waals surface area (Å²) in [4.78, 5) is 10.0. The Balaban J connectivity index is 0.00000129. The van der Waals surface area contributed by atoms with Crippen LogP contribution in [0.4, 0.5) is 5.82 Å². The predicted molar refractivity (Wildman–Crippen MR) is 148 cm³/mol. The van der Waals surface area contributed by atoms with Gasteiger partial charge < -0.3 is 14.6 Å². The van der Waals surface area contributed by atoms with E-state index in [0.29, 0.717) is 12.5 Å². The molecule has 1 atom stereocenters. The largest absolute Gasteiger partial charge is 0.383 e. The number of nitrogens with zero attached hydrogens (tertiary/aromatic N) is 3. The number of pyridine rings is 2. The Bertz CT molecular complexity index is 1030. The van der Waals surface area contributed by atoms with E-state index in [2.05, 4.69) is 78.8 Å². The van der Waals surface area contributed by atoms with Gasteiger partial charge in [-0.05, 0) is 65.4 Å². The first-order chi connectivity index (χ1) is 15.8. The smallest absolute Gasteiger partial charge is 0.135 e. The van der Waals surface area contributed by atoms with Gasteiger partial charge in [-0.2, -0.15) is 0 Å². The number of aryl methyl sites for hydroxylation is 2. The van der Waals surface area contributed by atoms with Crippen LogP contribution in [0.5, 0.6) is 0 Å². The van der Waals surface area contributed by atoms with E-state index in [9.17, 15) is 0 Å². The van der Waals surface area contributed by atoms with Gasteiger partial charge >= 0.3 is 0 Å². The Hall–Kier alpha value is -1.92. The molecule has 0 amide bonds. The number of hydrogen-bond donors (Lipinski definition) is 1. The van der Waals surface area contributed by atoms with Gasteiger partial charge in [-0.3, -0.25) is 0 Å². The van der Waals surface area contributed by atoms with Gasteiger partial charge in [0.1, 0.15) is 5.82 Å². The quantitative estimate of drug-likeness (QED) is 0.342. The van der Waals surface area contributed by atoms with Gasteiger partial charge in [-0.25, -0.2) is 9.97 Å². The third-order valence-corrected chi connectivity index (χ3v) is 6.01. The molecule has 33 heavy (non-hydrogen) atoms. The molecule has 0 saturated heterocycles. The molecule has 0 radical (unpaired) electrons. The van der Waals surface area contributed by atoms with E-state index in [1.807, 2.05) is 34.7 Å². The number of anilines is 1. The third kappa shape index (κ3) is 6.36. The van der Waals surface area contributed by atoms with Crippen LogP contribution in [-0.4, -0.2) is 35.3 Å². The molecule has 5 nitrogen and oxygen atoms in total. The van der Waals surface area contributed by atoms with Gasteiger partial charge in [-0.15, -0.1) is 0 Å². The molecule has 1 N–H and O–H groups in total. The van der Waals surface area contributed by atoms with Crippen molar-refractivity contribution in [3.8, 4) is 11.3 Å². The second kappa shape index (κ2) is 13.7. The van der Waals surface area contributed by atoms with Gasteiger partial charge in [0.2, 0.25) is 0 Å². The van der Waals surface area contributed by atoms with Crippen LogP contribution in [0.1, 0.15) is 84.2 Å². The van der Waals surface area contributed by atoms with E-state index in [1.54, 1.807) is 7.11 Å². The number of nitrogens with one attached hydrogen (secondary N) is 1. The molecule has 3 heterocycles. The molecule has 0 aliphatic carbocycles. The summed E-state index contributed by atoms with van der Waals surface area (Å²) in [6.07, 6.45) is 3.08. The van der Waals surface area contributed by atoms with E-state index in [1.165, 1.54) is 11.1 Å². The number of ether oxygens (including phenoxy) is 1. The molecule has 184 valence electrons. The molecule has 3 aromatic heterocycles. The van der Waals surface area contributed by atoms with Crippen molar-refractivity contribution < 1.29 is 4.74 Å². The lowest BCUT2D eigenvalue weighted by Crippen LogP contribution is -2.10. The first-order valence-corrected chi connectivity index (χ1v) is 13.0. The Kier molecular flexibility index (Phi) is 12.1. The number of aromatic nitrogens is 3. The number of rotatable bonds is 7. The highest BCUT2D eigenvalue weighted by atomic mass is 79.9. The minimum absolute atomic E-state index is 0.252. The van der Waals surface area contributed by atoms with Crippen molar-refractivity contribution in [1.29, 1.82) is 0 Å². The third-order valence-electron chi connectivity index (χ3n) is 5.37. The molecule has 6 heteroatoms. The summed E-state index contributed by atoms with van der Waals surface area (Å²) in [5.41, 5.74) is 7.64. The van der Waals surface area contributed by atoms with Crippen LogP contribution in [0, 0.1) is 6.92 Å². The summed E-state index contributed by atoms with van der Waals surface area (Å²) in [5.74, 6) is 1.20. The molecular weight excluding hydrogens is 476 g/mol. The summed E-state index contributed by atoms with van der Waals surface area (Å²) in [5, 5.41) is 3.28. The van der Waals surface area contributed by atoms with Crippen LogP contribution in [-0.2, 0) is 11.2 Å². The van der Waals surface area contributed by atoms with Crippen molar-refractivity contribution in [2.75, 3.05) is 26.1 Å². The lowest BCUT2D eigenvalue weighted by molar-refractivity contribution is 0.164. The maximum Gasteiger partial charge on any atom is 0.135 e. The van der Waals surface area contributed by atoms with Crippen molar-refractivity contribution in [2.24, 2.45) is 0 Å². The summed E-state index contributed by atoms with van der Waals surface area (Å²) in [6.45, 7) is 19.4. The second-order valence-corrected chi connectivity index (χ2v) is 8.75. The minimum Gasteiger partial charge on any atom is -0.383 e. The van der Waals surface area contributed by atoms with Crippen molar-refractivity contribution in [3.63, 3.8) is 0 Å².